The molecule has 1 fully saturated rings. The Hall–Kier alpha value is -1.35. The van der Waals surface area contributed by atoms with E-state index in [9.17, 15) is 9.90 Å². The highest BCUT2D eigenvalue weighted by atomic mass is 16.3. The first kappa shape index (κ1) is 15.0. The fourth-order valence-electron chi connectivity index (χ4n) is 2.75. The lowest BCUT2D eigenvalue weighted by molar-refractivity contribution is -0.124. The van der Waals surface area contributed by atoms with E-state index < -0.39 is 0 Å². The van der Waals surface area contributed by atoms with Gasteiger partial charge in [0, 0.05) is 12.0 Å². The Morgan fingerprint density at radius 2 is 1.85 bits per heavy atom. The first-order valence-corrected chi connectivity index (χ1v) is 7.57. The fourth-order valence-corrected chi connectivity index (χ4v) is 2.75. The molecule has 0 radical (unpaired) electrons. The third-order valence-electron chi connectivity index (χ3n) is 4.97. The van der Waals surface area contributed by atoms with Gasteiger partial charge in [0.2, 0.25) is 5.91 Å². The van der Waals surface area contributed by atoms with Crippen LogP contribution in [0.4, 0.5) is 0 Å². The van der Waals surface area contributed by atoms with Crippen LogP contribution in [0.2, 0.25) is 0 Å². The highest BCUT2D eigenvalue weighted by molar-refractivity contribution is 5.91. The van der Waals surface area contributed by atoms with Crippen molar-refractivity contribution in [2.45, 2.75) is 44.9 Å². The van der Waals surface area contributed by atoms with Gasteiger partial charge in [-0.15, -0.1) is 0 Å². The molecule has 1 amide bonds. The van der Waals surface area contributed by atoms with Gasteiger partial charge in [0.05, 0.1) is 12.0 Å². The smallest absolute Gasteiger partial charge is 0.230 e. The minimum atomic E-state index is -0.316. The minimum Gasteiger partial charge on any atom is -0.396 e. The first-order chi connectivity index (χ1) is 9.62. The zero-order chi connectivity index (χ0) is 14.6. The molecule has 3 heteroatoms. The van der Waals surface area contributed by atoms with Gasteiger partial charge in [-0.3, -0.25) is 4.79 Å². The molecule has 0 aromatic heterocycles. The van der Waals surface area contributed by atoms with E-state index in [1.54, 1.807) is 0 Å². The van der Waals surface area contributed by atoms with Crippen LogP contribution in [0.25, 0.3) is 0 Å². The number of aliphatic hydroxyl groups is 1. The summed E-state index contributed by atoms with van der Waals surface area (Å²) >= 11 is 0. The molecule has 3 nitrogen and oxygen atoms in total. The Morgan fingerprint density at radius 1 is 1.25 bits per heavy atom. The summed E-state index contributed by atoms with van der Waals surface area (Å²) in [7, 11) is 0. The molecule has 0 heterocycles. The summed E-state index contributed by atoms with van der Waals surface area (Å²) in [5.74, 6) is 0.114. The summed E-state index contributed by atoms with van der Waals surface area (Å²) in [6.07, 6.45) is 3.59. The van der Waals surface area contributed by atoms with Crippen LogP contribution < -0.4 is 5.32 Å². The third kappa shape index (κ3) is 2.73. The molecule has 1 aromatic rings. The molecule has 1 aromatic carbocycles. The second kappa shape index (κ2) is 5.96. The SMILES string of the molecule is CCC(CC)(CO)CNC(=O)C1(c2ccccc2)CC1. The molecule has 0 unspecified atom stereocenters. The molecular weight excluding hydrogens is 250 g/mol. The van der Waals surface area contributed by atoms with Crippen molar-refractivity contribution in [1.82, 2.24) is 5.32 Å². The number of amides is 1. The maximum absolute atomic E-state index is 12.5. The molecule has 110 valence electrons. The zero-order valence-electron chi connectivity index (χ0n) is 12.5. The van der Waals surface area contributed by atoms with Crippen LogP contribution in [0.1, 0.15) is 45.1 Å². The Bertz CT molecular complexity index is 439. The zero-order valence-corrected chi connectivity index (χ0v) is 12.5. The van der Waals surface area contributed by atoms with E-state index in [1.165, 1.54) is 0 Å². The van der Waals surface area contributed by atoms with Crippen LogP contribution in [-0.2, 0) is 10.2 Å². The van der Waals surface area contributed by atoms with E-state index in [1.807, 2.05) is 30.3 Å². The molecule has 0 saturated heterocycles. The van der Waals surface area contributed by atoms with E-state index in [4.69, 9.17) is 0 Å². The van der Waals surface area contributed by atoms with Crippen molar-refractivity contribution in [3.63, 3.8) is 0 Å². The monoisotopic (exact) mass is 275 g/mol. The normalized spacial score (nSPS) is 16.8. The van der Waals surface area contributed by atoms with Gasteiger partial charge in [-0.25, -0.2) is 0 Å². The van der Waals surface area contributed by atoms with E-state index in [0.717, 1.165) is 31.2 Å². The van der Waals surface area contributed by atoms with Crippen LogP contribution in [-0.4, -0.2) is 24.2 Å². The molecule has 1 aliphatic carbocycles. The molecule has 1 saturated carbocycles. The van der Waals surface area contributed by atoms with Crippen molar-refractivity contribution >= 4 is 5.91 Å². The molecule has 0 aliphatic heterocycles. The van der Waals surface area contributed by atoms with Crippen molar-refractivity contribution in [2.75, 3.05) is 13.2 Å². The van der Waals surface area contributed by atoms with Gasteiger partial charge in [-0.05, 0) is 31.2 Å². The molecule has 0 atom stereocenters. The van der Waals surface area contributed by atoms with Crippen molar-refractivity contribution in [1.29, 1.82) is 0 Å². The lowest BCUT2D eigenvalue weighted by Crippen LogP contribution is -2.43. The molecule has 20 heavy (non-hydrogen) atoms. The minimum absolute atomic E-state index is 0.114. The van der Waals surface area contributed by atoms with Crippen molar-refractivity contribution in [2.24, 2.45) is 5.41 Å². The average molecular weight is 275 g/mol. The molecule has 2 N–H and O–H groups in total. The van der Waals surface area contributed by atoms with Gasteiger partial charge < -0.3 is 10.4 Å². The van der Waals surface area contributed by atoms with Crippen LogP contribution in [0.3, 0.4) is 0 Å². The van der Waals surface area contributed by atoms with Gasteiger partial charge in [0.25, 0.3) is 0 Å². The Balaban J connectivity index is 2.03. The van der Waals surface area contributed by atoms with Gasteiger partial charge in [0.15, 0.2) is 0 Å². The first-order valence-electron chi connectivity index (χ1n) is 7.57. The standard InChI is InChI=1S/C17H25NO2/c1-3-16(4-2,13-19)12-18-15(20)17(10-11-17)14-8-6-5-7-9-14/h5-9,19H,3-4,10-13H2,1-2H3,(H,18,20). The highest BCUT2D eigenvalue weighted by Crippen LogP contribution is 2.48. The Kier molecular flexibility index (Phi) is 4.48. The summed E-state index contributed by atoms with van der Waals surface area (Å²) in [5.41, 5.74) is 0.618. The highest BCUT2D eigenvalue weighted by Gasteiger charge is 2.51. The molecule has 0 bridgehead atoms. The van der Waals surface area contributed by atoms with E-state index in [-0.39, 0.29) is 23.3 Å². The summed E-state index contributed by atoms with van der Waals surface area (Å²) in [4.78, 5) is 12.5. The summed E-state index contributed by atoms with van der Waals surface area (Å²) in [6.45, 7) is 4.81. The number of carbonyl (C=O) groups is 1. The number of carbonyl (C=O) groups excluding carboxylic acids is 1. The Morgan fingerprint density at radius 3 is 2.30 bits per heavy atom. The van der Waals surface area contributed by atoms with E-state index in [0.29, 0.717) is 6.54 Å². The maximum atomic E-state index is 12.5. The maximum Gasteiger partial charge on any atom is 0.230 e. The number of rotatable bonds is 7. The lowest BCUT2D eigenvalue weighted by atomic mass is 9.83. The topological polar surface area (TPSA) is 49.3 Å². The number of aliphatic hydroxyl groups excluding tert-OH is 1. The van der Waals surface area contributed by atoms with Crippen molar-refractivity contribution in [3.8, 4) is 0 Å². The largest absolute Gasteiger partial charge is 0.396 e. The Labute approximate surface area is 121 Å². The molecule has 0 spiro atoms. The summed E-state index contributed by atoms with van der Waals surface area (Å²) in [6, 6.07) is 10.0. The average Bonchev–Trinajstić information content (AvgIpc) is 3.32. The predicted octanol–water partition coefficient (Wildman–Crippen LogP) is 2.63. The van der Waals surface area contributed by atoms with Crippen LogP contribution >= 0.6 is 0 Å². The second-order valence-electron chi connectivity index (χ2n) is 6.00. The molecule has 1 aliphatic rings. The van der Waals surface area contributed by atoms with Crippen LogP contribution in [0, 0.1) is 5.41 Å². The predicted molar refractivity (Wildman–Crippen MR) is 80.5 cm³/mol. The lowest BCUT2D eigenvalue weighted by Gasteiger charge is -2.30. The van der Waals surface area contributed by atoms with Crippen LogP contribution in [0.5, 0.6) is 0 Å². The second-order valence-corrected chi connectivity index (χ2v) is 6.00. The molecular formula is C17H25NO2. The van der Waals surface area contributed by atoms with Crippen LogP contribution in [0.15, 0.2) is 30.3 Å². The third-order valence-corrected chi connectivity index (χ3v) is 4.97. The fraction of sp³-hybridized carbons (Fsp3) is 0.588. The van der Waals surface area contributed by atoms with Gasteiger partial charge in [-0.1, -0.05) is 44.2 Å². The number of hydrogen-bond acceptors (Lipinski definition) is 2. The van der Waals surface area contributed by atoms with Crippen molar-refractivity contribution in [3.05, 3.63) is 35.9 Å². The van der Waals surface area contributed by atoms with Gasteiger partial charge in [0.1, 0.15) is 0 Å². The number of nitrogens with one attached hydrogen (secondary N) is 1. The van der Waals surface area contributed by atoms with E-state index in [2.05, 4.69) is 19.2 Å². The summed E-state index contributed by atoms with van der Waals surface area (Å²) in [5, 5.41) is 12.7. The van der Waals surface area contributed by atoms with E-state index >= 15 is 0 Å². The molecule has 2 rings (SSSR count). The quantitative estimate of drug-likeness (QED) is 0.803. The van der Waals surface area contributed by atoms with Gasteiger partial charge in [-0.2, -0.15) is 0 Å². The summed E-state index contributed by atoms with van der Waals surface area (Å²) < 4.78 is 0. The van der Waals surface area contributed by atoms with Gasteiger partial charge >= 0.3 is 0 Å². The number of benzene rings is 1. The van der Waals surface area contributed by atoms with Crippen molar-refractivity contribution < 1.29 is 9.90 Å². The number of hydrogen-bond donors (Lipinski definition) is 2.